The van der Waals surface area contributed by atoms with Gasteiger partial charge in [0.05, 0.1) is 0 Å². The zero-order valence-corrected chi connectivity index (χ0v) is 11.4. The van der Waals surface area contributed by atoms with Gasteiger partial charge < -0.3 is 10.4 Å². The van der Waals surface area contributed by atoms with Crippen LogP contribution >= 0.6 is 11.8 Å². The van der Waals surface area contributed by atoms with E-state index in [0.29, 0.717) is 0 Å². The Morgan fingerprint density at radius 1 is 1.24 bits per heavy atom. The fourth-order valence-corrected chi connectivity index (χ4v) is 2.22. The number of aryl methyl sites for hydroxylation is 1. The number of benzene rings is 1. The molecule has 0 aliphatic rings. The molecule has 0 saturated heterocycles. The molecule has 0 spiro atoms. The molecule has 96 valence electrons. The van der Waals surface area contributed by atoms with Gasteiger partial charge in [0.25, 0.3) is 0 Å². The number of anilines is 1. The zero-order valence-electron chi connectivity index (χ0n) is 10.6. The highest BCUT2D eigenvalue weighted by Crippen LogP contribution is 2.12. The largest absolute Gasteiger partial charge is 0.396 e. The molecular weight excluding hydrogens is 230 g/mol. The van der Waals surface area contributed by atoms with E-state index in [1.54, 1.807) is 0 Å². The van der Waals surface area contributed by atoms with Crippen LogP contribution in [0.3, 0.4) is 0 Å². The highest BCUT2D eigenvalue weighted by atomic mass is 32.2. The van der Waals surface area contributed by atoms with Crippen LogP contribution in [-0.2, 0) is 6.42 Å². The summed E-state index contributed by atoms with van der Waals surface area (Å²) in [6, 6.07) is 8.49. The van der Waals surface area contributed by atoms with Gasteiger partial charge in [0.1, 0.15) is 0 Å². The van der Waals surface area contributed by atoms with Crippen LogP contribution in [0, 0.1) is 0 Å². The van der Waals surface area contributed by atoms with Crippen molar-refractivity contribution < 1.29 is 5.11 Å². The van der Waals surface area contributed by atoms with Crippen LogP contribution in [0.4, 0.5) is 5.69 Å². The van der Waals surface area contributed by atoms with Crippen molar-refractivity contribution in [3.63, 3.8) is 0 Å². The lowest BCUT2D eigenvalue weighted by Crippen LogP contribution is -2.02. The lowest BCUT2D eigenvalue weighted by Gasteiger charge is -2.08. The summed E-state index contributed by atoms with van der Waals surface area (Å²) in [6.07, 6.45) is 6.45. The van der Waals surface area contributed by atoms with Crippen molar-refractivity contribution in [2.75, 3.05) is 30.5 Å². The van der Waals surface area contributed by atoms with Crippen LogP contribution in [-0.4, -0.2) is 30.3 Å². The van der Waals surface area contributed by atoms with Crippen molar-refractivity contribution in [3.05, 3.63) is 29.8 Å². The van der Waals surface area contributed by atoms with Crippen molar-refractivity contribution in [1.82, 2.24) is 0 Å². The lowest BCUT2D eigenvalue weighted by atomic mass is 10.1. The van der Waals surface area contributed by atoms with Gasteiger partial charge in [0.15, 0.2) is 0 Å². The van der Waals surface area contributed by atoms with E-state index in [-0.39, 0.29) is 6.61 Å². The Hall–Kier alpha value is -0.670. The Bertz CT molecular complexity index is 304. The first-order valence-electron chi connectivity index (χ1n) is 6.29. The molecule has 0 amide bonds. The van der Waals surface area contributed by atoms with E-state index < -0.39 is 0 Å². The maximum absolute atomic E-state index is 8.80. The van der Waals surface area contributed by atoms with Gasteiger partial charge in [-0.25, -0.2) is 0 Å². The molecule has 0 fully saturated rings. The standard InChI is InChI=1S/C14H23NOS/c1-17-11-3-2-9-15-14-8-4-6-13(12-14)7-5-10-16/h4,6,8,12,15-16H,2-3,5,7,9-11H2,1H3. The minimum atomic E-state index is 0.270. The smallest absolute Gasteiger partial charge is 0.0434 e. The summed E-state index contributed by atoms with van der Waals surface area (Å²) in [5, 5.41) is 12.3. The molecule has 3 heteroatoms. The van der Waals surface area contributed by atoms with E-state index >= 15 is 0 Å². The van der Waals surface area contributed by atoms with Crippen LogP contribution in [0.25, 0.3) is 0 Å². The molecule has 0 saturated carbocycles. The van der Waals surface area contributed by atoms with Crippen molar-refractivity contribution >= 4 is 17.4 Å². The van der Waals surface area contributed by atoms with Gasteiger partial charge in [-0.3, -0.25) is 0 Å². The predicted molar refractivity (Wildman–Crippen MR) is 78.0 cm³/mol. The molecule has 17 heavy (non-hydrogen) atoms. The Morgan fingerprint density at radius 2 is 2.12 bits per heavy atom. The van der Waals surface area contributed by atoms with E-state index in [9.17, 15) is 0 Å². The van der Waals surface area contributed by atoms with E-state index in [1.165, 1.54) is 29.8 Å². The molecule has 1 aromatic rings. The first-order valence-corrected chi connectivity index (χ1v) is 7.69. The molecule has 2 N–H and O–H groups in total. The predicted octanol–water partition coefficient (Wildman–Crippen LogP) is 3.17. The number of thioether (sulfide) groups is 1. The number of aliphatic hydroxyl groups excluding tert-OH is 1. The monoisotopic (exact) mass is 253 g/mol. The maximum atomic E-state index is 8.80. The Morgan fingerprint density at radius 3 is 2.88 bits per heavy atom. The van der Waals surface area contributed by atoms with Crippen LogP contribution < -0.4 is 5.32 Å². The molecule has 0 aliphatic carbocycles. The topological polar surface area (TPSA) is 32.3 Å². The van der Waals surface area contributed by atoms with Crippen LogP contribution in [0.2, 0.25) is 0 Å². The van der Waals surface area contributed by atoms with Gasteiger partial charge in [-0.2, -0.15) is 11.8 Å². The Labute approximate surface area is 109 Å². The number of aliphatic hydroxyl groups is 1. The maximum Gasteiger partial charge on any atom is 0.0434 e. The second kappa shape index (κ2) is 9.37. The third-order valence-electron chi connectivity index (χ3n) is 2.65. The summed E-state index contributed by atoms with van der Waals surface area (Å²) in [7, 11) is 0. The number of nitrogens with one attached hydrogen (secondary N) is 1. The number of rotatable bonds is 9. The average Bonchev–Trinajstić information content (AvgIpc) is 2.37. The molecule has 0 aromatic heterocycles. The lowest BCUT2D eigenvalue weighted by molar-refractivity contribution is 0.288. The minimum absolute atomic E-state index is 0.270. The summed E-state index contributed by atoms with van der Waals surface area (Å²) in [4.78, 5) is 0. The molecule has 0 heterocycles. The normalized spacial score (nSPS) is 10.5. The molecule has 2 nitrogen and oxygen atoms in total. The van der Waals surface area contributed by atoms with Gasteiger partial charge in [0, 0.05) is 18.8 Å². The fourth-order valence-electron chi connectivity index (χ4n) is 1.72. The molecule has 1 rings (SSSR count). The van der Waals surface area contributed by atoms with Crippen molar-refractivity contribution in [1.29, 1.82) is 0 Å². The molecule has 0 unspecified atom stereocenters. The second-order valence-corrected chi connectivity index (χ2v) is 5.14. The fraction of sp³-hybridized carbons (Fsp3) is 0.571. The van der Waals surface area contributed by atoms with E-state index in [1.807, 2.05) is 11.8 Å². The minimum Gasteiger partial charge on any atom is -0.396 e. The van der Waals surface area contributed by atoms with Crippen molar-refractivity contribution in [2.45, 2.75) is 25.7 Å². The Balaban J connectivity index is 2.27. The quantitative estimate of drug-likeness (QED) is 0.663. The SMILES string of the molecule is CSCCCCNc1cccc(CCCO)c1. The van der Waals surface area contributed by atoms with Crippen LogP contribution in [0.15, 0.2) is 24.3 Å². The van der Waals surface area contributed by atoms with Crippen LogP contribution in [0.1, 0.15) is 24.8 Å². The van der Waals surface area contributed by atoms with E-state index in [0.717, 1.165) is 19.4 Å². The molecule has 0 aliphatic heterocycles. The second-order valence-electron chi connectivity index (χ2n) is 4.15. The zero-order chi connectivity index (χ0) is 12.3. The van der Waals surface area contributed by atoms with Crippen molar-refractivity contribution in [3.8, 4) is 0 Å². The number of hydrogen-bond donors (Lipinski definition) is 2. The van der Waals surface area contributed by atoms with Crippen molar-refractivity contribution in [2.24, 2.45) is 0 Å². The third-order valence-corrected chi connectivity index (χ3v) is 3.35. The van der Waals surface area contributed by atoms with Gasteiger partial charge in [-0.15, -0.1) is 0 Å². The summed E-state index contributed by atoms with van der Waals surface area (Å²) >= 11 is 1.91. The first kappa shape index (κ1) is 14.4. The van der Waals surface area contributed by atoms with E-state index in [2.05, 4.69) is 35.8 Å². The average molecular weight is 253 g/mol. The molecular formula is C14H23NOS. The Kier molecular flexibility index (Phi) is 7.93. The summed E-state index contributed by atoms with van der Waals surface area (Å²) in [5.74, 6) is 1.25. The molecule has 0 atom stereocenters. The molecule has 1 aromatic carbocycles. The summed E-state index contributed by atoms with van der Waals surface area (Å²) < 4.78 is 0. The molecule has 0 radical (unpaired) electrons. The van der Waals surface area contributed by atoms with Crippen LogP contribution in [0.5, 0.6) is 0 Å². The number of unbranched alkanes of at least 4 members (excludes halogenated alkanes) is 1. The molecule has 0 bridgehead atoms. The summed E-state index contributed by atoms with van der Waals surface area (Å²) in [5.41, 5.74) is 2.50. The van der Waals surface area contributed by atoms with Gasteiger partial charge in [-0.1, -0.05) is 12.1 Å². The van der Waals surface area contributed by atoms with E-state index in [4.69, 9.17) is 5.11 Å². The van der Waals surface area contributed by atoms with Gasteiger partial charge in [-0.05, 0) is 55.4 Å². The van der Waals surface area contributed by atoms with Gasteiger partial charge in [0.2, 0.25) is 0 Å². The highest BCUT2D eigenvalue weighted by Gasteiger charge is 1.96. The van der Waals surface area contributed by atoms with Gasteiger partial charge >= 0.3 is 0 Å². The number of hydrogen-bond acceptors (Lipinski definition) is 3. The highest BCUT2D eigenvalue weighted by molar-refractivity contribution is 7.98. The third kappa shape index (κ3) is 6.59. The summed E-state index contributed by atoms with van der Waals surface area (Å²) in [6.45, 7) is 1.32. The first-order chi connectivity index (χ1) is 8.36.